The maximum atomic E-state index is 12.0. The van der Waals surface area contributed by atoms with E-state index in [9.17, 15) is 9.59 Å². The minimum atomic E-state index is -0.929. The number of urea groups is 1. The summed E-state index contributed by atoms with van der Waals surface area (Å²) >= 11 is 0. The number of carbonyl (C=O) groups is 2. The molecular weight excluding hydrogens is 248 g/mol. The van der Waals surface area contributed by atoms with Crippen LogP contribution in [0.3, 0.4) is 0 Å². The summed E-state index contributed by atoms with van der Waals surface area (Å²) in [5.41, 5.74) is 0. The molecule has 1 heterocycles. The largest absolute Gasteiger partial charge is 0.481 e. The van der Waals surface area contributed by atoms with Crippen LogP contribution in [0.1, 0.15) is 33.1 Å². The standard InChI is InChI=1S/C13H24N2O4/c1-9-4-5-15(10(2)6-9)13(18)14-8-11(19-3)7-12(16)17/h9-11H,4-8H2,1-3H3,(H,14,18)(H,16,17). The van der Waals surface area contributed by atoms with Crippen molar-refractivity contribution in [2.45, 2.75) is 45.3 Å². The summed E-state index contributed by atoms with van der Waals surface area (Å²) < 4.78 is 5.03. The van der Waals surface area contributed by atoms with Gasteiger partial charge in [0.25, 0.3) is 0 Å². The third kappa shape index (κ3) is 5.06. The summed E-state index contributed by atoms with van der Waals surface area (Å²) in [7, 11) is 1.45. The van der Waals surface area contributed by atoms with Crippen molar-refractivity contribution in [3.63, 3.8) is 0 Å². The first-order chi connectivity index (χ1) is 8.93. The number of nitrogens with zero attached hydrogens (tertiary/aromatic N) is 1. The monoisotopic (exact) mass is 272 g/mol. The molecule has 19 heavy (non-hydrogen) atoms. The highest BCUT2D eigenvalue weighted by atomic mass is 16.5. The van der Waals surface area contributed by atoms with E-state index in [4.69, 9.17) is 9.84 Å². The number of carboxylic acid groups (broad SMARTS) is 1. The van der Waals surface area contributed by atoms with Gasteiger partial charge in [0.2, 0.25) is 0 Å². The van der Waals surface area contributed by atoms with Crippen molar-refractivity contribution in [2.24, 2.45) is 5.92 Å². The van der Waals surface area contributed by atoms with Gasteiger partial charge < -0.3 is 20.1 Å². The number of carboxylic acids is 1. The first-order valence-corrected chi connectivity index (χ1v) is 6.73. The number of amides is 2. The molecule has 0 bridgehead atoms. The number of rotatable bonds is 5. The normalized spacial score (nSPS) is 24.9. The fourth-order valence-corrected chi connectivity index (χ4v) is 2.45. The molecule has 1 saturated heterocycles. The lowest BCUT2D eigenvalue weighted by Gasteiger charge is -2.36. The number of piperidine rings is 1. The lowest BCUT2D eigenvalue weighted by molar-refractivity contribution is -0.139. The van der Waals surface area contributed by atoms with Crippen molar-refractivity contribution in [1.29, 1.82) is 0 Å². The molecular formula is C13H24N2O4. The molecule has 1 fully saturated rings. The molecule has 1 aliphatic rings. The molecule has 0 aromatic heterocycles. The van der Waals surface area contributed by atoms with Crippen LogP contribution in [-0.2, 0) is 9.53 Å². The van der Waals surface area contributed by atoms with Crippen molar-refractivity contribution in [3.8, 4) is 0 Å². The second-order valence-corrected chi connectivity index (χ2v) is 5.31. The van der Waals surface area contributed by atoms with E-state index >= 15 is 0 Å². The Labute approximate surface area is 114 Å². The fraction of sp³-hybridized carbons (Fsp3) is 0.846. The van der Waals surface area contributed by atoms with Crippen LogP contribution < -0.4 is 5.32 Å². The maximum Gasteiger partial charge on any atom is 0.317 e. The molecule has 110 valence electrons. The van der Waals surface area contributed by atoms with E-state index in [0.717, 1.165) is 19.4 Å². The lowest BCUT2D eigenvalue weighted by Crippen LogP contribution is -2.50. The zero-order chi connectivity index (χ0) is 14.4. The Morgan fingerprint density at radius 1 is 1.47 bits per heavy atom. The minimum Gasteiger partial charge on any atom is -0.481 e. The Bertz CT molecular complexity index is 322. The van der Waals surface area contributed by atoms with Crippen LogP contribution in [-0.4, -0.2) is 54.4 Å². The molecule has 3 atom stereocenters. The van der Waals surface area contributed by atoms with E-state index in [0.29, 0.717) is 5.92 Å². The first-order valence-electron chi connectivity index (χ1n) is 6.73. The Kier molecular flexibility index (Phi) is 6.08. The van der Waals surface area contributed by atoms with Crippen LogP contribution in [0.5, 0.6) is 0 Å². The van der Waals surface area contributed by atoms with Crippen molar-refractivity contribution < 1.29 is 19.4 Å². The predicted octanol–water partition coefficient (Wildman–Crippen LogP) is 1.31. The molecule has 0 aliphatic carbocycles. The van der Waals surface area contributed by atoms with Gasteiger partial charge in [0.1, 0.15) is 0 Å². The summed E-state index contributed by atoms with van der Waals surface area (Å²) in [5, 5.41) is 11.4. The Balaban J connectivity index is 2.39. The third-order valence-corrected chi connectivity index (χ3v) is 3.62. The van der Waals surface area contributed by atoms with E-state index in [1.54, 1.807) is 0 Å². The van der Waals surface area contributed by atoms with Gasteiger partial charge in [0.15, 0.2) is 0 Å². The van der Waals surface area contributed by atoms with Crippen LogP contribution in [0.15, 0.2) is 0 Å². The second kappa shape index (κ2) is 7.33. The Morgan fingerprint density at radius 2 is 2.16 bits per heavy atom. The number of ether oxygens (including phenoxy) is 1. The topological polar surface area (TPSA) is 78.9 Å². The molecule has 0 spiro atoms. The SMILES string of the molecule is COC(CNC(=O)N1CCC(C)CC1C)CC(=O)O. The summed E-state index contributed by atoms with van der Waals surface area (Å²) in [6, 6.07) is 0.0936. The number of aliphatic carboxylic acids is 1. The highest BCUT2D eigenvalue weighted by Crippen LogP contribution is 2.21. The molecule has 1 aliphatic heterocycles. The summed E-state index contributed by atoms with van der Waals surface area (Å²) in [6.45, 7) is 5.21. The zero-order valence-electron chi connectivity index (χ0n) is 11.9. The minimum absolute atomic E-state index is 0.108. The van der Waals surface area contributed by atoms with Crippen molar-refractivity contribution >= 4 is 12.0 Å². The smallest absolute Gasteiger partial charge is 0.317 e. The van der Waals surface area contributed by atoms with Crippen LogP contribution in [0.2, 0.25) is 0 Å². The van der Waals surface area contributed by atoms with Crippen LogP contribution >= 0.6 is 0 Å². The predicted molar refractivity (Wildman–Crippen MR) is 71.0 cm³/mol. The second-order valence-electron chi connectivity index (χ2n) is 5.31. The molecule has 2 N–H and O–H groups in total. The van der Waals surface area contributed by atoms with E-state index < -0.39 is 12.1 Å². The molecule has 2 amide bonds. The number of hydrogen-bond donors (Lipinski definition) is 2. The summed E-state index contributed by atoms with van der Waals surface area (Å²) in [4.78, 5) is 24.4. The molecule has 0 aromatic carbocycles. The zero-order valence-corrected chi connectivity index (χ0v) is 11.9. The number of hydrogen-bond acceptors (Lipinski definition) is 3. The number of likely N-dealkylation sites (tertiary alicyclic amines) is 1. The Hall–Kier alpha value is -1.30. The average Bonchev–Trinajstić information content (AvgIpc) is 2.33. The van der Waals surface area contributed by atoms with Gasteiger partial charge in [-0.3, -0.25) is 4.79 Å². The van der Waals surface area contributed by atoms with Gasteiger partial charge in [-0.1, -0.05) is 6.92 Å². The molecule has 3 unspecified atom stereocenters. The number of nitrogens with one attached hydrogen (secondary N) is 1. The van der Waals surface area contributed by atoms with E-state index in [1.807, 2.05) is 11.8 Å². The van der Waals surface area contributed by atoms with Gasteiger partial charge in [0.05, 0.1) is 12.5 Å². The summed E-state index contributed by atoms with van der Waals surface area (Å²) in [5.74, 6) is -0.279. The molecule has 1 rings (SSSR count). The van der Waals surface area contributed by atoms with Crippen molar-refractivity contribution in [1.82, 2.24) is 10.2 Å². The van der Waals surface area contributed by atoms with Crippen LogP contribution in [0.25, 0.3) is 0 Å². The molecule has 0 aromatic rings. The quantitative estimate of drug-likeness (QED) is 0.791. The highest BCUT2D eigenvalue weighted by Gasteiger charge is 2.27. The van der Waals surface area contributed by atoms with Crippen LogP contribution in [0, 0.1) is 5.92 Å². The van der Waals surface area contributed by atoms with E-state index in [1.165, 1.54) is 7.11 Å². The van der Waals surface area contributed by atoms with Gasteiger partial charge >= 0.3 is 12.0 Å². The molecule has 0 radical (unpaired) electrons. The third-order valence-electron chi connectivity index (χ3n) is 3.62. The van der Waals surface area contributed by atoms with Gasteiger partial charge in [-0.2, -0.15) is 0 Å². The molecule has 6 nitrogen and oxygen atoms in total. The van der Waals surface area contributed by atoms with Gasteiger partial charge in [-0.15, -0.1) is 0 Å². The van der Waals surface area contributed by atoms with E-state index in [-0.39, 0.29) is 25.0 Å². The van der Waals surface area contributed by atoms with Crippen molar-refractivity contribution in [2.75, 3.05) is 20.2 Å². The molecule has 6 heteroatoms. The van der Waals surface area contributed by atoms with Crippen molar-refractivity contribution in [3.05, 3.63) is 0 Å². The molecule has 0 saturated carbocycles. The van der Waals surface area contributed by atoms with Crippen LogP contribution in [0.4, 0.5) is 4.79 Å². The highest BCUT2D eigenvalue weighted by molar-refractivity contribution is 5.74. The number of methoxy groups -OCH3 is 1. The van der Waals surface area contributed by atoms with E-state index in [2.05, 4.69) is 12.2 Å². The summed E-state index contributed by atoms with van der Waals surface area (Å²) in [6.07, 6.45) is 1.43. The van der Waals surface area contributed by atoms with Gasteiger partial charge in [-0.25, -0.2) is 4.79 Å². The number of carbonyl (C=O) groups excluding carboxylic acids is 1. The maximum absolute atomic E-state index is 12.0. The fourth-order valence-electron chi connectivity index (χ4n) is 2.45. The van der Waals surface area contributed by atoms with Gasteiger partial charge in [-0.05, 0) is 25.7 Å². The Morgan fingerprint density at radius 3 is 2.68 bits per heavy atom. The lowest BCUT2D eigenvalue weighted by atomic mass is 9.94. The van der Waals surface area contributed by atoms with Gasteiger partial charge in [0, 0.05) is 26.2 Å². The average molecular weight is 272 g/mol. The first kappa shape index (κ1) is 15.8.